The lowest BCUT2D eigenvalue weighted by molar-refractivity contribution is 0.628. The maximum absolute atomic E-state index is 12.8. The van der Waals surface area contributed by atoms with Gasteiger partial charge in [0.15, 0.2) is 2.14 Å². The quantitative estimate of drug-likeness (QED) is 0.510. The molecule has 0 saturated carbocycles. The molecule has 17 heavy (non-hydrogen) atoms. The van der Waals surface area contributed by atoms with Crippen molar-refractivity contribution in [3.05, 3.63) is 59.9 Å². The minimum absolute atomic E-state index is 0.217. The zero-order chi connectivity index (χ0) is 12.5. The van der Waals surface area contributed by atoms with E-state index in [1.54, 1.807) is 12.1 Å². The topological polar surface area (TPSA) is 0 Å². The van der Waals surface area contributed by atoms with Crippen molar-refractivity contribution in [3.8, 4) is 11.1 Å². The van der Waals surface area contributed by atoms with E-state index in [1.165, 1.54) is 12.1 Å². The molecule has 0 heterocycles. The van der Waals surface area contributed by atoms with Crippen LogP contribution in [0.2, 0.25) is 0 Å². The van der Waals surface area contributed by atoms with Gasteiger partial charge in [0.25, 0.3) is 0 Å². The van der Waals surface area contributed by atoms with E-state index in [1.807, 2.05) is 24.3 Å². The van der Waals surface area contributed by atoms with E-state index < -0.39 is 2.14 Å². The fourth-order valence-corrected chi connectivity index (χ4v) is 2.29. The highest BCUT2D eigenvalue weighted by Crippen LogP contribution is 2.44. The Kier molecular flexibility index (Phi) is 4.06. The third-order valence-corrected chi connectivity index (χ3v) is 3.76. The molecule has 0 radical (unpaired) electrons. The van der Waals surface area contributed by atoms with Crippen molar-refractivity contribution in [2.75, 3.05) is 0 Å². The van der Waals surface area contributed by atoms with Crippen LogP contribution in [0, 0.1) is 5.82 Å². The van der Waals surface area contributed by atoms with Crippen LogP contribution in [0.15, 0.2) is 48.5 Å². The summed E-state index contributed by atoms with van der Waals surface area (Å²) in [6.07, 6.45) is 0. The van der Waals surface area contributed by atoms with Gasteiger partial charge in [-0.2, -0.15) is 0 Å². The molecule has 2 aromatic carbocycles. The number of hydrogen-bond acceptors (Lipinski definition) is 0. The van der Waals surface area contributed by atoms with Crippen molar-refractivity contribution < 1.29 is 4.39 Å². The van der Waals surface area contributed by atoms with Crippen molar-refractivity contribution >= 4 is 47.8 Å². The molecular formula is C13H8Br3F. The second-order valence-corrected chi connectivity index (χ2v) is 10.3. The fraction of sp³-hybridized carbons (Fsp3) is 0.0769. The van der Waals surface area contributed by atoms with E-state index in [9.17, 15) is 4.39 Å². The monoisotopic (exact) mass is 420 g/mol. The molecule has 0 unspecified atom stereocenters. The van der Waals surface area contributed by atoms with Gasteiger partial charge in [0.1, 0.15) is 5.82 Å². The molecule has 0 aliphatic carbocycles. The van der Waals surface area contributed by atoms with Crippen molar-refractivity contribution in [3.63, 3.8) is 0 Å². The van der Waals surface area contributed by atoms with Gasteiger partial charge in [-0.25, -0.2) is 4.39 Å². The Morgan fingerprint density at radius 3 is 1.53 bits per heavy atom. The molecule has 0 N–H and O–H groups in total. The van der Waals surface area contributed by atoms with Crippen LogP contribution in [-0.2, 0) is 2.14 Å². The molecule has 2 aromatic rings. The molecular weight excluding hydrogens is 415 g/mol. The summed E-state index contributed by atoms with van der Waals surface area (Å²) in [6.45, 7) is 0. The molecule has 0 fully saturated rings. The van der Waals surface area contributed by atoms with Crippen LogP contribution in [0.4, 0.5) is 4.39 Å². The van der Waals surface area contributed by atoms with Crippen LogP contribution in [0.1, 0.15) is 5.56 Å². The second kappa shape index (κ2) is 5.21. The predicted molar refractivity (Wildman–Crippen MR) is 80.3 cm³/mol. The van der Waals surface area contributed by atoms with E-state index in [-0.39, 0.29) is 5.82 Å². The minimum atomic E-state index is -0.395. The zero-order valence-corrected chi connectivity index (χ0v) is 13.4. The van der Waals surface area contributed by atoms with Gasteiger partial charge < -0.3 is 0 Å². The summed E-state index contributed by atoms with van der Waals surface area (Å²) in [5, 5.41) is 0. The van der Waals surface area contributed by atoms with Gasteiger partial charge in [0, 0.05) is 0 Å². The molecule has 0 aromatic heterocycles. The van der Waals surface area contributed by atoms with Gasteiger partial charge in [0.05, 0.1) is 0 Å². The third-order valence-electron chi connectivity index (χ3n) is 2.39. The lowest BCUT2D eigenvalue weighted by Gasteiger charge is -2.13. The van der Waals surface area contributed by atoms with Gasteiger partial charge in [-0.3, -0.25) is 0 Å². The molecule has 0 bridgehead atoms. The van der Waals surface area contributed by atoms with Crippen LogP contribution in [0.3, 0.4) is 0 Å². The molecule has 0 nitrogen and oxygen atoms in total. The molecule has 0 aliphatic heterocycles. The van der Waals surface area contributed by atoms with Gasteiger partial charge >= 0.3 is 0 Å². The molecule has 4 heteroatoms. The average molecular weight is 423 g/mol. The Bertz CT molecular complexity index is 498. The third kappa shape index (κ3) is 3.39. The summed E-state index contributed by atoms with van der Waals surface area (Å²) in [7, 11) is 0. The first-order valence-corrected chi connectivity index (χ1v) is 7.28. The summed E-state index contributed by atoms with van der Waals surface area (Å²) >= 11 is 10.4. The first-order chi connectivity index (χ1) is 7.97. The van der Waals surface area contributed by atoms with Crippen molar-refractivity contribution in [1.29, 1.82) is 0 Å². The maximum Gasteiger partial charge on any atom is 0.159 e. The summed E-state index contributed by atoms with van der Waals surface area (Å²) in [5.74, 6) is -0.217. The van der Waals surface area contributed by atoms with Crippen molar-refractivity contribution in [2.24, 2.45) is 0 Å². The Morgan fingerprint density at radius 2 is 1.12 bits per heavy atom. The highest BCUT2D eigenvalue weighted by Gasteiger charge is 2.20. The van der Waals surface area contributed by atoms with E-state index in [2.05, 4.69) is 47.8 Å². The molecule has 0 atom stereocenters. The lowest BCUT2D eigenvalue weighted by atomic mass is 10.0. The lowest BCUT2D eigenvalue weighted by Crippen LogP contribution is -1.96. The van der Waals surface area contributed by atoms with Crippen LogP contribution < -0.4 is 0 Å². The molecule has 88 valence electrons. The molecule has 0 saturated heterocycles. The highest BCUT2D eigenvalue weighted by atomic mass is 80.0. The maximum atomic E-state index is 12.8. The first-order valence-electron chi connectivity index (χ1n) is 4.90. The zero-order valence-electron chi connectivity index (χ0n) is 8.63. The number of alkyl halides is 3. The number of rotatable bonds is 1. The number of benzene rings is 2. The summed E-state index contributed by atoms with van der Waals surface area (Å²) in [4.78, 5) is 0. The van der Waals surface area contributed by atoms with Crippen LogP contribution in [0.5, 0.6) is 0 Å². The second-order valence-electron chi connectivity index (χ2n) is 3.58. The Morgan fingerprint density at radius 1 is 0.706 bits per heavy atom. The van der Waals surface area contributed by atoms with Gasteiger partial charge in [-0.1, -0.05) is 84.2 Å². The SMILES string of the molecule is Fc1ccc(-c2ccc(C(Br)(Br)Br)cc2)cc1. The normalized spacial score (nSPS) is 11.5. The standard InChI is InChI=1S/C13H8Br3F/c14-13(15,16)11-5-1-9(2-6-11)10-3-7-12(17)8-4-10/h1-8H. The first kappa shape index (κ1) is 13.2. The Hall–Kier alpha value is -0.190. The molecule has 0 aliphatic rings. The summed E-state index contributed by atoms with van der Waals surface area (Å²) in [6, 6.07) is 14.5. The van der Waals surface area contributed by atoms with Gasteiger partial charge in [-0.05, 0) is 28.8 Å². The minimum Gasteiger partial charge on any atom is -0.207 e. The molecule has 0 spiro atoms. The van der Waals surface area contributed by atoms with Crippen molar-refractivity contribution in [2.45, 2.75) is 2.14 Å². The highest BCUT2D eigenvalue weighted by molar-refractivity contribution is 9.38. The largest absolute Gasteiger partial charge is 0.207 e. The average Bonchev–Trinajstić information content (AvgIpc) is 2.29. The van der Waals surface area contributed by atoms with E-state index in [0.29, 0.717) is 0 Å². The summed E-state index contributed by atoms with van der Waals surface area (Å²) in [5.41, 5.74) is 3.12. The molecule has 0 amide bonds. The van der Waals surface area contributed by atoms with E-state index >= 15 is 0 Å². The predicted octanol–water partition coefficient (Wildman–Crippen LogP) is 5.79. The van der Waals surface area contributed by atoms with E-state index in [0.717, 1.165) is 16.7 Å². The summed E-state index contributed by atoms with van der Waals surface area (Å²) < 4.78 is 12.4. The Labute approximate surface area is 125 Å². The number of hydrogen-bond donors (Lipinski definition) is 0. The van der Waals surface area contributed by atoms with Crippen LogP contribution >= 0.6 is 47.8 Å². The van der Waals surface area contributed by atoms with Crippen LogP contribution in [-0.4, -0.2) is 0 Å². The van der Waals surface area contributed by atoms with E-state index in [4.69, 9.17) is 0 Å². The van der Waals surface area contributed by atoms with Gasteiger partial charge in [0.2, 0.25) is 0 Å². The smallest absolute Gasteiger partial charge is 0.159 e. The van der Waals surface area contributed by atoms with Crippen LogP contribution in [0.25, 0.3) is 11.1 Å². The molecule has 2 rings (SSSR count). The number of halogens is 4. The van der Waals surface area contributed by atoms with Gasteiger partial charge in [-0.15, -0.1) is 0 Å². The fourth-order valence-electron chi connectivity index (χ4n) is 1.49. The van der Waals surface area contributed by atoms with Crippen molar-refractivity contribution in [1.82, 2.24) is 0 Å². The Balaban J connectivity index is 2.33.